The summed E-state index contributed by atoms with van der Waals surface area (Å²) in [6.45, 7) is 22.0. The number of ether oxygens (including phenoxy) is 2. The van der Waals surface area contributed by atoms with Gasteiger partial charge in [0, 0.05) is 55.5 Å². The topological polar surface area (TPSA) is 50.7 Å². The molecule has 0 radical (unpaired) electrons. The SMILES string of the molecule is CCN(CCC1C[C@H](c2ccc(C(C)C)nc2CN(C)C(C)C)CO1)Cc1nc(C(C)C)ccc1[C@@H]1CCOC1. The molecule has 0 amide bonds. The van der Waals surface area contributed by atoms with E-state index in [1.54, 1.807) is 0 Å². The molecule has 0 N–H and O–H groups in total. The Morgan fingerprint density at radius 2 is 1.48 bits per heavy atom. The van der Waals surface area contributed by atoms with Crippen LogP contribution in [0.4, 0.5) is 0 Å². The average Bonchev–Trinajstić information content (AvgIpc) is 3.63. The first-order valence-corrected chi connectivity index (χ1v) is 15.8. The molecule has 4 heterocycles. The molecule has 2 aromatic rings. The van der Waals surface area contributed by atoms with E-state index in [4.69, 9.17) is 19.4 Å². The van der Waals surface area contributed by atoms with Gasteiger partial charge in [0.1, 0.15) is 0 Å². The van der Waals surface area contributed by atoms with Gasteiger partial charge < -0.3 is 9.47 Å². The van der Waals surface area contributed by atoms with E-state index >= 15 is 0 Å². The zero-order valence-corrected chi connectivity index (χ0v) is 26.4. The van der Waals surface area contributed by atoms with Crippen molar-refractivity contribution in [3.63, 3.8) is 0 Å². The van der Waals surface area contributed by atoms with Gasteiger partial charge in [0.15, 0.2) is 0 Å². The highest BCUT2D eigenvalue weighted by atomic mass is 16.5. The van der Waals surface area contributed by atoms with Crippen LogP contribution in [0.3, 0.4) is 0 Å². The summed E-state index contributed by atoms with van der Waals surface area (Å²) in [6, 6.07) is 9.60. The molecule has 6 nitrogen and oxygen atoms in total. The molecule has 40 heavy (non-hydrogen) atoms. The molecule has 4 rings (SSSR count). The van der Waals surface area contributed by atoms with Crippen molar-refractivity contribution in [1.82, 2.24) is 19.8 Å². The Labute approximate surface area is 243 Å². The van der Waals surface area contributed by atoms with E-state index in [2.05, 4.69) is 89.6 Å². The molecule has 1 unspecified atom stereocenters. The van der Waals surface area contributed by atoms with Crippen molar-refractivity contribution in [1.29, 1.82) is 0 Å². The predicted molar refractivity (Wildman–Crippen MR) is 164 cm³/mol. The van der Waals surface area contributed by atoms with Crippen LogP contribution in [0.25, 0.3) is 0 Å². The minimum absolute atomic E-state index is 0.289. The van der Waals surface area contributed by atoms with E-state index in [0.717, 1.165) is 65.3 Å². The van der Waals surface area contributed by atoms with E-state index in [0.29, 0.717) is 29.7 Å². The highest BCUT2D eigenvalue weighted by Crippen LogP contribution is 2.34. The Kier molecular flexibility index (Phi) is 11.2. The zero-order valence-electron chi connectivity index (χ0n) is 26.4. The van der Waals surface area contributed by atoms with Crippen LogP contribution in [0.15, 0.2) is 24.3 Å². The summed E-state index contributed by atoms with van der Waals surface area (Å²) < 4.78 is 12.1. The first kappa shape index (κ1) is 31.1. The van der Waals surface area contributed by atoms with Gasteiger partial charge in [-0.1, -0.05) is 46.8 Å². The Balaban J connectivity index is 1.41. The van der Waals surface area contributed by atoms with Gasteiger partial charge in [0.2, 0.25) is 0 Å². The number of rotatable bonds is 13. The standard InChI is InChI=1S/C34H54N4O2/c1-9-38(20-34-29(26-15-17-39-21-26)10-12-32(36-34)24(4)5)16-14-28-18-27(22-40-28)30-11-13-31(23(2)3)35-33(30)19-37(8)25(6)7/h10-13,23-28H,9,14-22H2,1-8H3/t26-,27+,28?/m1/s1. The fraction of sp³-hybridized carbons (Fsp3) is 0.706. The number of nitrogens with zero attached hydrogens (tertiary/aromatic N) is 4. The molecular formula is C34H54N4O2. The molecule has 0 aromatic carbocycles. The van der Waals surface area contributed by atoms with Gasteiger partial charge in [-0.25, -0.2) is 0 Å². The quantitative estimate of drug-likeness (QED) is 0.272. The molecular weight excluding hydrogens is 496 g/mol. The molecule has 2 fully saturated rings. The molecule has 6 heteroatoms. The molecule has 0 bridgehead atoms. The fourth-order valence-corrected chi connectivity index (χ4v) is 5.91. The highest BCUT2D eigenvalue weighted by molar-refractivity contribution is 5.30. The summed E-state index contributed by atoms with van der Waals surface area (Å²) in [6.07, 6.45) is 3.51. The Hall–Kier alpha value is -1.86. The summed E-state index contributed by atoms with van der Waals surface area (Å²) in [5.41, 5.74) is 7.60. The summed E-state index contributed by atoms with van der Waals surface area (Å²) in [7, 11) is 2.20. The van der Waals surface area contributed by atoms with E-state index in [1.165, 1.54) is 33.9 Å². The van der Waals surface area contributed by atoms with Crippen LogP contribution in [0, 0.1) is 0 Å². The van der Waals surface area contributed by atoms with Gasteiger partial charge in [0.25, 0.3) is 0 Å². The van der Waals surface area contributed by atoms with Crippen molar-refractivity contribution in [3.05, 3.63) is 58.2 Å². The van der Waals surface area contributed by atoms with Gasteiger partial charge >= 0.3 is 0 Å². The third-order valence-corrected chi connectivity index (χ3v) is 9.00. The zero-order chi connectivity index (χ0) is 28.8. The first-order valence-electron chi connectivity index (χ1n) is 15.8. The minimum Gasteiger partial charge on any atom is -0.381 e. The molecule has 2 saturated heterocycles. The van der Waals surface area contributed by atoms with Crippen molar-refractivity contribution in [2.24, 2.45) is 0 Å². The van der Waals surface area contributed by atoms with E-state index in [9.17, 15) is 0 Å². The smallest absolute Gasteiger partial charge is 0.0594 e. The Bertz CT molecular complexity index is 1080. The molecule has 2 aliphatic rings. The fourth-order valence-electron chi connectivity index (χ4n) is 5.91. The number of pyridine rings is 2. The number of hydrogen-bond acceptors (Lipinski definition) is 6. The van der Waals surface area contributed by atoms with Crippen molar-refractivity contribution in [2.75, 3.05) is 40.0 Å². The Morgan fingerprint density at radius 1 is 0.850 bits per heavy atom. The molecule has 2 aliphatic heterocycles. The first-order chi connectivity index (χ1) is 19.2. The largest absolute Gasteiger partial charge is 0.381 e. The van der Waals surface area contributed by atoms with Crippen molar-refractivity contribution < 1.29 is 9.47 Å². The summed E-state index contributed by atoms with van der Waals surface area (Å²) >= 11 is 0. The molecule has 0 aliphatic carbocycles. The Morgan fingerprint density at radius 3 is 2.02 bits per heavy atom. The second kappa shape index (κ2) is 14.4. The number of hydrogen-bond donors (Lipinski definition) is 0. The normalized spacial score (nSPS) is 21.7. The lowest BCUT2D eigenvalue weighted by atomic mass is 9.92. The van der Waals surface area contributed by atoms with Crippen LogP contribution in [-0.2, 0) is 22.6 Å². The van der Waals surface area contributed by atoms with E-state index in [-0.39, 0.29) is 6.10 Å². The second-order valence-electron chi connectivity index (χ2n) is 13.0. The molecule has 222 valence electrons. The van der Waals surface area contributed by atoms with Crippen molar-refractivity contribution in [2.45, 2.75) is 117 Å². The summed E-state index contributed by atoms with van der Waals surface area (Å²) in [4.78, 5) is 15.2. The van der Waals surface area contributed by atoms with E-state index in [1.807, 2.05) is 0 Å². The molecule has 3 atom stereocenters. The van der Waals surface area contributed by atoms with Crippen LogP contribution in [-0.4, -0.2) is 71.9 Å². The van der Waals surface area contributed by atoms with Crippen molar-refractivity contribution in [3.8, 4) is 0 Å². The maximum absolute atomic E-state index is 6.41. The maximum Gasteiger partial charge on any atom is 0.0594 e. The third-order valence-electron chi connectivity index (χ3n) is 9.00. The maximum atomic E-state index is 6.41. The second-order valence-corrected chi connectivity index (χ2v) is 13.0. The van der Waals surface area contributed by atoms with Crippen molar-refractivity contribution >= 4 is 0 Å². The van der Waals surface area contributed by atoms with Crippen LogP contribution < -0.4 is 0 Å². The summed E-state index contributed by atoms with van der Waals surface area (Å²) in [5.74, 6) is 1.76. The van der Waals surface area contributed by atoms with Gasteiger partial charge in [-0.15, -0.1) is 0 Å². The summed E-state index contributed by atoms with van der Waals surface area (Å²) in [5, 5.41) is 0. The lowest BCUT2D eigenvalue weighted by Gasteiger charge is -2.25. The van der Waals surface area contributed by atoms with Gasteiger partial charge in [-0.3, -0.25) is 19.8 Å². The van der Waals surface area contributed by atoms with Gasteiger partial charge in [-0.05, 0) is 81.8 Å². The van der Waals surface area contributed by atoms with Crippen LogP contribution in [0.5, 0.6) is 0 Å². The number of aromatic nitrogens is 2. The van der Waals surface area contributed by atoms with E-state index < -0.39 is 0 Å². The monoisotopic (exact) mass is 550 g/mol. The average molecular weight is 551 g/mol. The molecule has 0 saturated carbocycles. The van der Waals surface area contributed by atoms with Crippen LogP contribution >= 0.6 is 0 Å². The molecule has 2 aromatic heterocycles. The minimum atomic E-state index is 0.289. The van der Waals surface area contributed by atoms with Crippen LogP contribution in [0.2, 0.25) is 0 Å². The van der Waals surface area contributed by atoms with Gasteiger partial charge in [-0.2, -0.15) is 0 Å². The molecule has 0 spiro atoms. The predicted octanol–water partition coefficient (Wildman–Crippen LogP) is 6.85. The van der Waals surface area contributed by atoms with Gasteiger partial charge in [0.05, 0.1) is 30.7 Å². The van der Waals surface area contributed by atoms with Crippen LogP contribution in [0.1, 0.15) is 125 Å². The lowest BCUT2D eigenvalue weighted by Crippen LogP contribution is -2.28. The third kappa shape index (κ3) is 7.90. The highest BCUT2D eigenvalue weighted by Gasteiger charge is 2.30. The lowest BCUT2D eigenvalue weighted by molar-refractivity contribution is 0.0903.